The van der Waals surface area contributed by atoms with Gasteiger partial charge in [0.2, 0.25) is 0 Å². The summed E-state index contributed by atoms with van der Waals surface area (Å²) in [5.41, 5.74) is 0.666. The van der Waals surface area contributed by atoms with Crippen LogP contribution in [-0.2, 0) is 0 Å². The van der Waals surface area contributed by atoms with Gasteiger partial charge in [-0.05, 0) is 53.2 Å². The maximum atomic E-state index is 13.0. The van der Waals surface area contributed by atoms with Crippen LogP contribution in [0.4, 0.5) is 10.1 Å². The molecule has 0 fully saturated rings. The number of methoxy groups -OCH3 is 1. The molecule has 0 radical (unpaired) electrons. The Labute approximate surface area is 146 Å². The first-order valence-corrected chi connectivity index (χ1v) is 7.90. The second kappa shape index (κ2) is 7.66. The molecule has 0 bridgehead atoms. The minimum Gasteiger partial charge on any atom is -0.493 e. The highest BCUT2D eigenvalue weighted by Crippen LogP contribution is 2.37. The van der Waals surface area contributed by atoms with Crippen molar-refractivity contribution in [2.24, 2.45) is 0 Å². The van der Waals surface area contributed by atoms with Crippen molar-refractivity contribution in [3.63, 3.8) is 0 Å². The molecular formula is C16H14BrClFNO3. The Morgan fingerprint density at radius 1 is 1.35 bits per heavy atom. The van der Waals surface area contributed by atoms with Crippen LogP contribution in [0, 0.1) is 5.82 Å². The maximum absolute atomic E-state index is 13.0. The fourth-order valence-electron chi connectivity index (χ4n) is 1.92. The van der Waals surface area contributed by atoms with Gasteiger partial charge in [0, 0.05) is 5.56 Å². The molecule has 1 N–H and O–H groups in total. The van der Waals surface area contributed by atoms with Gasteiger partial charge in [0.05, 0.1) is 28.9 Å². The van der Waals surface area contributed by atoms with Crippen LogP contribution in [0.3, 0.4) is 0 Å². The molecule has 0 unspecified atom stereocenters. The number of carbonyl (C=O) groups is 1. The summed E-state index contributed by atoms with van der Waals surface area (Å²) in [4.78, 5) is 12.4. The van der Waals surface area contributed by atoms with E-state index in [1.807, 2.05) is 6.92 Å². The Morgan fingerprint density at radius 3 is 2.70 bits per heavy atom. The molecule has 7 heteroatoms. The zero-order valence-electron chi connectivity index (χ0n) is 12.5. The number of rotatable bonds is 5. The van der Waals surface area contributed by atoms with Crippen LogP contribution in [0.15, 0.2) is 34.8 Å². The molecule has 4 nitrogen and oxygen atoms in total. The molecule has 2 rings (SSSR count). The van der Waals surface area contributed by atoms with Crippen LogP contribution in [-0.4, -0.2) is 19.6 Å². The quantitative estimate of drug-likeness (QED) is 0.774. The normalized spacial score (nSPS) is 10.3. The molecule has 23 heavy (non-hydrogen) atoms. The number of amides is 1. The van der Waals surface area contributed by atoms with Gasteiger partial charge in [-0.2, -0.15) is 0 Å². The molecule has 0 aromatic heterocycles. The van der Waals surface area contributed by atoms with Gasteiger partial charge in [0.15, 0.2) is 11.5 Å². The van der Waals surface area contributed by atoms with Crippen LogP contribution in [0.2, 0.25) is 5.02 Å². The highest BCUT2D eigenvalue weighted by Gasteiger charge is 2.16. The summed E-state index contributed by atoms with van der Waals surface area (Å²) in [5, 5.41) is 2.75. The van der Waals surface area contributed by atoms with Gasteiger partial charge >= 0.3 is 0 Å². The van der Waals surface area contributed by atoms with E-state index in [-0.39, 0.29) is 5.02 Å². The summed E-state index contributed by atoms with van der Waals surface area (Å²) in [7, 11) is 1.49. The van der Waals surface area contributed by atoms with E-state index in [9.17, 15) is 9.18 Å². The van der Waals surface area contributed by atoms with Crippen molar-refractivity contribution in [1.82, 2.24) is 0 Å². The fraction of sp³-hybridized carbons (Fsp3) is 0.188. The molecule has 0 saturated heterocycles. The third-order valence-corrected chi connectivity index (χ3v) is 3.86. The van der Waals surface area contributed by atoms with E-state index in [1.165, 1.54) is 19.2 Å². The zero-order chi connectivity index (χ0) is 17.0. The first-order chi connectivity index (χ1) is 11.0. The molecular weight excluding hydrogens is 389 g/mol. The summed E-state index contributed by atoms with van der Waals surface area (Å²) in [6, 6.07) is 6.92. The topological polar surface area (TPSA) is 47.6 Å². The van der Waals surface area contributed by atoms with Crippen molar-refractivity contribution in [3.05, 3.63) is 51.2 Å². The Morgan fingerprint density at radius 2 is 2.09 bits per heavy atom. The van der Waals surface area contributed by atoms with E-state index in [1.54, 1.807) is 12.1 Å². The number of carbonyl (C=O) groups excluding carboxylic acids is 1. The van der Waals surface area contributed by atoms with E-state index in [0.717, 1.165) is 6.07 Å². The summed E-state index contributed by atoms with van der Waals surface area (Å²) in [5.74, 6) is 0.0713. The minimum absolute atomic E-state index is 0.121. The number of anilines is 1. The van der Waals surface area contributed by atoms with Crippen molar-refractivity contribution in [1.29, 1.82) is 0 Å². The van der Waals surface area contributed by atoms with E-state index >= 15 is 0 Å². The molecule has 1 amide bonds. The summed E-state index contributed by atoms with van der Waals surface area (Å²) < 4.78 is 24.4. The molecule has 0 aliphatic carbocycles. The standard InChI is InChI=1S/C16H14BrClFNO3/c1-3-23-15-11(17)6-9(7-14(15)22-2)16(21)20-13-5-4-10(19)8-12(13)18/h4-8H,3H2,1-2H3,(H,20,21). The van der Waals surface area contributed by atoms with E-state index in [2.05, 4.69) is 21.2 Å². The zero-order valence-corrected chi connectivity index (χ0v) is 14.8. The number of hydrogen-bond acceptors (Lipinski definition) is 3. The van der Waals surface area contributed by atoms with E-state index in [4.69, 9.17) is 21.1 Å². The largest absolute Gasteiger partial charge is 0.493 e. The number of benzene rings is 2. The lowest BCUT2D eigenvalue weighted by Gasteiger charge is -2.13. The van der Waals surface area contributed by atoms with Crippen LogP contribution >= 0.6 is 27.5 Å². The molecule has 2 aromatic rings. The van der Waals surface area contributed by atoms with Gasteiger partial charge in [0.25, 0.3) is 5.91 Å². The van der Waals surface area contributed by atoms with Gasteiger partial charge in [-0.3, -0.25) is 4.79 Å². The monoisotopic (exact) mass is 401 g/mol. The van der Waals surface area contributed by atoms with Gasteiger partial charge in [-0.1, -0.05) is 11.6 Å². The smallest absolute Gasteiger partial charge is 0.255 e. The SMILES string of the molecule is CCOc1c(Br)cc(C(=O)Nc2ccc(F)cc2Cl)cc1OC. The number of halogens is 3. The van der Waals surface area contributed by atoms with Gasteiger partial charge in [-0.15, -0.1) is 0 Å². The van der Waals surface area contributed by atoms with Crippen molar-refractivity contribution in [2.75, 3.05) is 19.0 Å². The number of ether oxygens (including phenoxy) is 2. The second-order valence-electron chi connectivity index (χ2n) is 4.50. The highest BCUT2D eigenvalue weighted by atomic mass is 79.9. The van der Waals surface area contributed by atoms with Gasteiger partial charge in [-0.25, -0.2) is 4.39 Å². The first kappa shape index (κ1) is 17.6. The van der Waals surface area contributed by atoms with Crippen LogP contribution in [0.1, 0.15) is 17.3 Å². The lowest BCUT2D eigenvalue weighted by molar-refractivity contribution is 0.102. The predicted molar refractivity (Wildman–Crippen MR) is 91.2 cm³/mol. The predicted octanol–water partition coefficient (Wildman–Crippen LogP) is 4.90. The molecule has 0 aliphatic rings. The highest BCUT2D eigenvalue weighted by molar-refractivity contribution is 9.10. The summed E-state index contributed by atoms with van der Waals surface area (Å²) >= 11 is 9.27. The Kier molecular flexibility index (Phi) is 5.85. The van der Waals surface area contributed by atoms with Gasteiger partial charge in [0.1, 0.15) is 5.82 Å². The lowest BCUT2D eigenvalue weighted by atomic mass is 10.1. The fourth-order valence-corrected chi connectivity index (χ4v) is 2.69. The van der Waals surface area contributed by atoms with Crippen LogP contribution < -0.4 is 14.8 Å². The second-order valence-corrected chi connectivity index (χ2v) is 5.76. The molecule has 0 heterocycles. The van der Waals surface area contributed by atoms with E-state index < -0.39 is 11.7 Å². The summed E-state index contributed by atoms with van der Waals surface area (Å²) in [6.07, 6.45) is 0. The summed E-state index contributed by atoms with van der Waals surface area (Å²) in [6.45, 7) is 2.31. The molecule has 2 aromatic carbocycles. The lowest BCUT2D eigenvalue weighted by Crippen LogP contribution is -2.13. The maximum Gasteiger partial charge on any atom is 0.255 e. The third-order valence-electron chi connectivity index (χ3n) is 2.96. The molecule has 0 atom stereocenters. The number of hydrogen-bond donors (Lipinski definition) is 1. The Bertz CT molecular complexity index is 740. The molecule has 0 aliphatic heterocycles. The van der Waals surface area contributed by atoms with E-state index in [0.29, 0.717) is 33.8 Å². The van der Waals surface area contributed by atoms with Crippen LogP contribution in [0.5, 0.6) is 11.5 Å². The van der Waals surface area contributed by atoms with Crippen molar-refractivity contribution >= 4 is 39.1 Å². The third kappa shape index (κ3) is 4.14. The molecule has 122 valence electrons. The van der Waals surface area contributed by atoms with Crippen molar-refractivity contribution < 1.29 is 18.7 Å². The van der Waals surface area contributed by atoms with Crippen LogP contribution in [0.25, 0.3) is 0 Å². The van der Waals surface area contributed by atoms with Crippen molar-refractivity contribution in [3.8, 4) is 11.5 Å². The van der Waals surface area contributed by atoms with Gasteiger partial charge < -0.3 is 14.8 Å². The number of nitrogens with one attached hydrogen (secondary N) is 1. The van der Waals surface area contributed by atoms with Crippen molar-refractivity contribution in [2.45, 2.75) is 6.92 Å². The Balaban J connectivity index is 2.30. The average Bonchev–Trinajstić information content (AvgIpc) is 2.51. The average molecular weight is 403 g/mol. The molecule has 0 saturated carbocycles. The first-order valence-electron chi connectivity index (χ1n) is 6.73. The minimum atomic E-state index is -0.474. The molecule has 0 spiro atoms. The Hall–Kier alpha value is -1.79.